The van der Waals surface area contributed by atoms with Crippen LogP contribution in [0.15, 0.2) is 218 Å². The summed E-state index contributed by atoms with van der Waals surface area (Å²) in [7, 11) is 0. The quantitative estimate of drug-likeness (QED) is 0.134. The lowest BCUT2D eigenvalue weighted by atomic mass is 9.81. The molecule has 11 rings (SSSR count). The molecule has 65 heavy (non-hydrogen) atoms. The van der Waals surface area contributed by atoms with Crippen molar-refractivity contribution < 1.29 is 0 Å². The number of hydrogen-bond donors (Lipinski definition) is 0. The third kappa shape index (κ3) is 7.37. The number of rotatable bonds is 9. The van der Waals surface area contributed by atoms with Crippen LogP contribution < -0.4 is 9.80 Å². The van der Waals surface area contributed by atoms with E-state index >= 15 is 0 Å². The van der Waals surface area contributed by atoms with Gasteiger partial charge in [0.2, 0.25) is 0 Å². The van der Waals surface area contributed by atoms with Crippen LogP contribution in [0, 0.1) is 13.8 Å². The van der Waals surface area contributed by atoms with Crippen LogP contribution in [-0.2, 0) is 5.41 Å². The Morgan fingerprint density at radius 3 is 1.37 bits per heavy atom. The van der Waals surface area contributed by atoms with Crippen molar-refractivity contribution in [2.45, 2.75) is 33.1 Å². The molecule has 0 amide bonds. The monoisotopic (exact) mass is 834 g/mol. The molecule has 0 unspecified atom stereocenters. The topological polar surface area (TPSA) is 6.48 Å². The minimum atomic E-state index is -0.176. The van der Waals surface area contributed by atoms with Crippen LogP contribution in [0.5, 0.6) is 0 Å². The molecular weight excluding hydrogens is 785 g/mol. The molecule has 0 heterocycles. The molecule has 0 radical (unpaired) electrons. The average Bonchev–Trinajstić information content (AvgIpc) is 3.56. The smallest absolute Gasteiger partial charge is 0.0540 e. The number of fused-ring (bicyclic) bond motifs is 5. The molecule has 0 saturated heterocycles. The number of anilines is 6. The normalized spacial score (nSPS) is 12.7. The van der Waals surface area contributed by atoms with Crippen LogP contribution in [0.2, 0.25) is 0 Å². The van der Waals surface area contributed by atoms with E-state index in [1.165, 1.54) is 88.6 Å². The first-order valence-corrected chi connectivity index (χ1v) is 22.7. The molecule has 0 saturated carbocycles. The second-order valence-electron chi connectivity index (χ2n) is 18.0. The standard InChI is InChI=1S/C63H50N2/c1-43-13-9-19-52(39-43)64(61-23-11-17-49-15-5-7-21-55(49)61)51-34-32-48(33-35-51)47-30-27-45(28-31-47)25-26-46-29-37-57-58-38-36-54(42-60(58)63(3,4)59(57)41-46)65(53-20-10-14-44(2)40-53)62-24-12-18-50-16-6-8-22-56(50)62/h5-42H,1-4H3. The lowest BCUT2D eigenvalue weighted by molar-refractivity contribution is 0.660. The van der Waals surface area contributed by atoms with E-state index < -0.39 is 0 Å². The molecule has 0 N–H and O–H groups in total. The lowest BCUT2D eigenvalue weighted by Crippen LogP contribution is -2.17. The highest BCUT2D eigenvalue weighted by atomic mass is 15.1. The Bertz CT molecular complexity index is 3420. The minimum Gasteiger partial charge on any atom is -0.310 e. The van der Waals surface area contributed by atoms with Crippen LogP contribution >= 0.6 is 0 Å². The van der Waals surface area contributed by atoms with Crippen molar-refractivity contribution in [1.29, 1.82) is 0 Å². The van der Waals surface area contributed by atoms with Gasteiger partial charge in [-0.2, -0.15) is 0 Å². The molecule has 1 aliphatic carbocycles. The van der Waals surface area contributed by atoms with E-state index in [-0.39, 0.29) is 5.41 Å². The van der Waals surface area contributed by atoms with Gasteiger partial charge in [-0.05, 0) is 141 Å². The molecular formula is C63H50N2. The van der Waals surface area contributed by atoms with Crippen molar-refractivity contribution in [3.05, 3.63) is 252 Å². The zero-order chi connectivity index (χ0) is 44.1. The van der Waals surface area contributed by atoms with Gasteiger partial charge in [-0.25, -0.2) is 0 Å². The first-order valence-electron chi connectivity index (χ1n) is 22.7. The van der Waals surface area contributed by atoms with Gasteiger partial charge >= 0.3 is 0 Å². The van der Waals surface area contributed by atoms with Gasteiger partial charge in [-0.15, -0.1) is 0 Å². The van der Waals surface area contributed by atoms with Gasteiger partial charge < -0.3 is 9.80 Å². The minimum absolute atomic E-state index is 0.176. The van der Waals surface area contributed by atoms with Gasteiger partial charge in [0.05, 0.1) is 11.4 Å². The Hall–Kier alpha value is -7.94. The number of hydrogen-bond acceptors (Lipinski definition) is 2. The number of nitrogens with zero attached hydrogens (tertiary/aromatic N) is 2. The zero-order valence-electron chi connectivity index (χ0n) is 37.3. The second kappa shape index (κ2) is 16.3. The van der Waals surface area contributed by atoms with Gasteiger partial charge in [-0.1, -0.05) is 184 Å². The summed E-state index contributed by atoms with van der Waals surface area (Å²) in [6.45, 7) is 9.07. The fourth-order valence-corrected chi connectivity index (χ4v) is 9.96. The molecule has 2 nitrogen and oxygen atoms in total. The SMILES string of the molecule is Cc1cccc(N(c2ccc(-c3ccc(C=Cc4ccc5c(c4)C(C)(C)c4cc(N(c6cccc(C)c6)c6cccc7ccccc67)ccc4-5)cc3)cc2)c2cccc3ccccc23)c1. The molecule has 0 atom stereocenters. The molecule has 0 aromatic heterocycles. The molecule has 0 fully saturated rings. The molecule has 312 valence electrons. The molecule has 10 aromatic rings. The van der Waals surface area contributed by atoms with Crippen LogP contribution in [0.25, 0.3) is 56.0 Å². The van der Waals surface area contributed by atoms with Gasteiger partial charge in [0.1, 0.15) is 0 Å². The van der Waals surface area contributed by atoms with E-state index in [0.29, 0.717) is 0 Å². The molecule has 2 heteroatoms. The summed E-state index contributed by atoms with van der Waals surface area (Å²) in [5.74, 6) is 0. The first-order chi connectivity index (χ1) is 31.8. The summed E-state index contributed by atoms with van der Waals surface area (Å²) >= 11 is 0. The van der Waals surface area contributed by atoms with Gasteiger partial charge in [0, 0.05) is 38.9 Å². The van der Waals surface area contributed by atoms with Crippen molar-refractivity contribution in [3.8, 4) is 22.3 Å². The lowest BCUT2D eigenvalue weighted by Gasteiger charge is -2.29. The third-order valence-electron chi connectivity index (χ3n) is 13.3. The Morgan fingerprint density at radius 1 is 0.354 bits per heavy atom. The summed E-state index contributed by atoms with van der Waals surface area (Å²) in [4.78, 5) is 4.80. The van der Waals surface area contributed by atoms with Crippen molar-refractivity contribution in [2.24, 2.45) is 0 Å². The fraction of sp³-hybridized carbons (Fsp3) is 0.0794. The molecule has 0 bridgehead atoms. The third-order valence-corrected chi connectivity index (χ3v) is 13.3. The predicted molar refractivity (Wildman–Crippen MR) is 279 cm³/mol. The maximum absolute atomic E-state index is 2.43. The van der Waals surface area contributed by atoms with E-state index in [1.54, 1.807) is 0 Å². The Balaban J connectivity index is 0.852. The van der Waals surface area contributed by atoms with Crippen LogP contribution in [-0.4, -0.2) is 0 Å². The summed E-state index contributed by atoms with van der Waals surface area (Å²) in [5.41, 5.74) is 19.3. The van der Waals surface area contributed by atoms with Gasteiger partial charge in [0.15, 0.2) is 0 Å². The van der Waals surface area contributed by atoms with E-state index in [1.807, 2.05) is 0 Å². The van der Waals surface area contributed by atoms with E-state index in [9.17, 15) is 0 Å². The van der Waals surface area contributed by atoms with Gasteiger partial charge in [0.25, 0.3) is 0 Å². The summed E-state index contributed by atoms with van der Waals surface area (Å²) in [6, 6.07) is 80.0. The molecule has 0 aliphatic heterocycles. The van der Waals surface area contributed by atoms with Crippen LogP contribution in [0.3, 0.4) is 0 Å². The maximum atomic E-state index is 2.43. The Kier molecular flexibility index (Phi) is 10.0. The zero-order valence-corrected chi connectivity index (χ0v) is 37.3. The molecule has 0 spiro atoms. The van der Waals surface area contributed by atoms with E-state index in [2.05, 4.69) is 268 Å². The first kappa shape index (κ1) is 39.9. The van der Waals surface area contributed by atoms with E-state index in [0.717, 1.165) is 22.7 Å². The van der Waals surface area contributed by atoms with Crippen molar-refractivity contribution in [2.75, 3.05) is 9.80 Å². The van der Waals surface area contributed by atoms with Crippen LogP contribution in [0.4, 0.5) is 34.1 Å². The second-order valence-corrected chi connectivity index (χ2v) is 18.0. The number of aryl methyl sites for hydroxylation is 2. The summed E-state index contributed by atoms with van der Waals surface area (Å²) in [5, 5.41) is 4.93. The maximum Gasteiger partial charge on any atom is 0.0540 e. The highest BCUT2D eigenvalue weighted by Gasteiger charge is 2.36. The fourth-order valence-electron chi connectivity index (χ4n) is 9.96. The Morgan fingerprint density at radius 2 is 0.785 bits per heavy atom. The summed E-state index contributed by atoms with van der Waals surface area (Å²) < 4.78 is 0. The van der Waals surface area contributed by atoms with Crippen molar-refractivity contribution in [3.63, 3.8) is 0 Å². The van der Waals surface area contributed by atoms with Crippen molar-refractivity contribution >= 4 is 67.8 Å². The summed E-state index contributed by atoms with van der Waals surface area (Å²) in [6.07, 6.45) is 4.48. The molecule has 10 aromatic carbocycles. The largest absolute Gasteiger partial charge is 0.310 e. The molecule has 1 aliphatic rings. The average molecular weight is 835 g/mol. The van der Waals surface area contributed by atoms with Gasteiger partial charge in [-0.3, -0.25) is 0 Å². The Labute approximate surface area is 383 Å². The van der Waals surface area contributed by atoms with Crippen molar-refractivity contribution in [1.82, 2.24) is 0 Å². The predicted octanol–water partition coefficient (Wildman–Crippen LogP) is 17.7. The number of benzene rings is 10. The van der Waals surface area contributed by atoms with Crippen LogP contribution in [0.1, 0.15) is 47.2 Å². The highest BCUT2D eigenvalue weighted by molar-refractivity contribution is 6.00. The highest BCUT2D eigenvalue weighted by Crippen LogP contribution is 2.51. The van der Waals surface area contributed by atoms with E-state index in [4.69, 9.17) is 0 Å².